The molecule has 132 valence electrons. The number of nitrogens with one attached hydrogen (secondary N) is 2. The molecule has 0 saturated heterocycles. The quantitative estimate of drug-likeness (QED) is 0.804. The van der Waals surface area contributed by atoms with E-state index in [1.807, 2.05) is 66.8 Å². The zero-order valence-corrected chi connectivity index (χ0v) is 14.9. The maximum absolute atomic E-state index is 12.4. The first kappa shape index (κ1) is 15.8. The Bertz CT molecular complexity index is 1200. The predicted octanol–water partition coefficient (Wildman–Crippen LogP) is 1.58. The van der Waals surface area contributed by atoms with Crippen LogP contribution in [-0.4, -0.2) is 27.7 Å². The Morgan fingerprint density at radius 2 is 1.63 bits per heavy atom. The van der Waals surface area contributed by atoms with E-state index in [4.69, 9.17) is 0 Å². The number of fused-ring (bicyclic) bond motifs is 6. The molecule has 0 spiro atoms. The van der Waals surface area contributed by atoms with Crippen molar-refractivity contribution in [3.8, 4) is 0 Å². The summed E-state index contributed by atoms with van der Waals surface area (Å²) < 4.78 is 0. The highest BCUT2D eigenvalue weighted by molar-refractivity contribution is 6.20. The van der Waals surface area contributed by atoms with Gasteiger partial charge in [-0.15, -0.1) is 0 Å². The molecule has 0 saturated carbocycles. The van der Waals surface area contributed by atoms with Gasteiger partial charge in [0, 0.05) is 22.8 Å². The summed E-state index contributed by atoms with van der Waals surface area (Å²) in [6, 6.07) is 4.04. The fraction of sp³-hybridized carbons (Fsp3) is 0.136. The number of carbonyl (C=O) groups excluding carboxylic acids is 1. The summed E-state index contributed by atoms with van der Waals surface area (Å²) in [7, 11) is 0. The summed E-state index contributed by atoms with van der Waals surface area (Å²) in [5.74, 6) is 0.0651. The second-order valence-corrected chi connectivity index (χ2v) is 7.05. The minimum Gasteiger partial charge on any atom is -0.370 e. The normalized spacial score (nSPS) is 24.9. The third-order valence-corrected chi connectivity index (χ3v) is 5.04. The van der Waals surface area contributed by atoms with Gasteiger partial charge in [-0.05, 0) is 67.7 Å². The maximum atomic E-state index is 12.4. The number of Topliss-reactive ketones (excluding diaryl/α,β-unsaturated/α-hetero) is 1. The fourth-order valence-electron chi connectivity index (χ4n) is 3.59. The van der Waals surface area contributed by atoms with Gasteiger partial charge in [0.15, 0.2) is 5.78 Å². The molecule has 2 N–H and O–H groups in total. The molecule has 0 amide bonds. The summed E-state index contributed by atoms with van der Waals surface area (Å²) in [6.07, 6.45) is 18.4. The number of H-pyrrole nitrogens is 1. The van der Waals surface area contributed by atoms with Gasteiger partial charge in [-0.25, -0.2) is 9.98 Å². The van der Waals surface area contributed by atoms with Gasteiger partial charge in [-0.3, -0.25) is 4.79 Å². The minimum atomic E-state index is -0.761. The Morgan fingerprint density at radius 1 is 0.963 bits per heavy atom. The number of allylic oxidation sites excluding steroid dienone is 5. The summed E-state index contributed by atoms with van der Waals surface area (Å²) in [5, 5.41) is 5.34. The topological polar surface area (TPSA) is 69.6 Å². The zero-order valence-electron chi connectivity index (χ0n) is 14.9. The minimum absolute atomic E-state index is 0.0651. The molecular formula is C22H18N4O. The van der Waals surface area contributed by atoms with Crippen LogP contribution in [0.15, 0.2) is 81.7 Å². The average molecular weight is 354 g/mol. The number of aromatic amines is 1. The molecule has 5 rings (SSSR count). The fourth-order valence-corrected chi connectivity index (χ4v) is 3.59. The van der Waals surface area contributed by atoms with Gasteiger partial charge >= 0.3 is 0 Å². The number of carbonyl (C=O) groups is 1. The molecule has 1 atom stereocenters. The van der Waals surface area contributed by atoms with Crippen LogP contribution in [0.3, 0.4) is 0 Å². The van der Waals surface area contributed by atoms with E-state index in [2.05, 4.69) is 20.3 Å². The van der Waals surface area contributed by atoms with Crippen molar-refractivity contribution >= 4 is 29.4 Å². The van der Waals surface area contributed by atoms with Crippen LogP contribution in [0.4, 0.5) is 0 Å². The molecule has 1 aromatic heterocycles. The number of rotatable bonds is 1. The molecule has 5 nitrogen and oxygen atoms in total. The monoisotopic (exact) mass is 354 g/mol. The average Bonchev–Trinajstić information content (AvgIpc) is 3.39. The highest BCUT2D eigenvalue weighted by Crippen LogP contribution is 2.28. The van der Waals surface area contributed by atoms with E-state index >= 15 is 0 Å². The Hall–Kier alpha value is -3.47. The van der Waals surface area contributed by atoms with Crippen molar-refractivity contribution in [3.05, 3.63) is 82.5 Å². The Labute approximate surface area is 156 Å². The molecule has 5 heteroatoms. The van der Waals surface area contributed by atoms with Gasteiger partial charge in [0.1, 0.15) is 5.54 Å². The van der Waals surface area contributed by atoms with E-state index < -0.39 is 5.54 Å². The first-order chi connectivity index (χ1) is 13.1. The number of aliphatic imine (C=N–C) groups is 2. The number of ketones is 1. The number of hydrogen-bond donors (Lipinski definition) is 2. The summed E-state index contributed by atoms with van der Waals surface area (Å²) >= 11 is 0. The first-order valence-electron chi connectivity index (χ1n) is 8.94. The van der Waals surface area contributed by atoms with Crippen LogP contribution in [0.2, 0.25) is 0 Å². The molecule has 0 radical (unpaired) electrons. The lowest BCUT2D eigenvalue weighted by Gasteiger charge is -2.24. The Balaban J connectivity index is 1.69. The second kappa shape index (κ2) is 5.77. The van der Waals surface area contributed by atoms with Crippen molar-refractivity contribution in [2.24, 2.45) is 9.98 Å². The van der Waals surface area contributed by atoms with Crippen molar-refractivity contribution in [2.45, 2.75) is 18.9 Å². The predicted molar refractivity (Wildman–Crippen MR) is 108 cm³/mol. The van der Waals surface area contributed by atoms with Crippen LogP contribution < -0.4 is 16.0 Å². The van der Waals surface area contributed by atoms with Crippen LogP contribution in [0.5, 0.6) is 0 Å². The van der Waals surface area contributed by atoms with Crippen LogP contribution in [-0.2, 0) is 4.79 Å². The van der Waals surface area contributed by atoms with Gasteiger partial charge in [0.05, 0.1) is 22.8 Å². The third kappa shape index (κ3) is 2.87. The number of aromatic nitrogens is 1. The summed E-state index contributed by atoms with van der Waals surface area (Å²) in [4.78, 5) is 25.1. The molecule has 5 heterocycles. The van der Waals surface area contributed by atoms with E-state index in [0.717, 1.165) is 39.2 Å². The van der Waals surface area contributed by atoms with Gasteiger partial charge in [-0.1, -0.05) is 6.08 Å². The van der Waals surface area contributed by atoms with Gasteiger partial charge in [-0.2, -0.15) is 0 Å². The van der Waals surface area contributed by atoms with Crippen LogP contribution in [0.1, 0.15) is 13.3 Å². The Kier molecular flexibility index (Phi) is 3.37. The molecule has 8 bridgehead atoms. The highest BCUT2D eigenvalue weighted by atomic mass is 16.1. The van der Waals surface area contributed by atoms with E-state index in [9.17, 15) is 4.79 Å². The second-order valence-electron chi connectivity index (χ2n) is 7.05. The van der Waals surface area contributed by atoms with Crippen LogP contribution in [0, 0.1) is 0 Å². The molecule has 0 aliphatic carbocycles. The summed E-state index contributed by atoms with van der Waals surface area (Å²) in [6.45, 7) is 1.61. The van der Waals surface area contributed by atoms with Crippen molar-refractivity contribution in [3.63, 3.8) is 0 Å². The first-order valence-corrected chi connectivity index (χ1v) is 8.94. The molecule has 1 unspecified atom stereocenters. The van der Waals surface area contributed by atoms with E-state index in [1.165, 1.54) is 0 Å². The maximum Gasteiger partial charge on any atom is 0.159 e. The van der Waals surface area contributed by atoms with E-state index in [-0.39, 0.29) is 5.78 Å². The number of hydrogen-bond acceptors (Lipinski definition) is 4. The SMILES string of the molecule is CC(=O)C12C=C3C=CC(=N3)C=c3ccc([nH]3)=CC3=NC(=CC(=CC1)N2)C=C3. The molecule has 4 aliphatic rings. The lowest BCUT2D eigenvalue weighted by atomic mass is 9.92. The van der Waals surface area contributed by atoms with Crippen molar-refractivity contribution < 1.29 is 4.79 Å². The molecular weight excluding hydrogens is 336 g/mol. The lowest BCUT2D eigenvalue weighted by Crippen LogP contribution is -2.45. The van der Waals surface area contributed by atoms with Crippen LogP contribution >= 0.6 is 0 Å². The third-order valence-electron chi connectivity index (χ3n) is 5.04. The van der Waals surface area contributed by atoms with Gasteiger partial charge in [0.2, 0.25) is 0 Å². The van der Waals surface area contributed by atoms with Crippen molar-refractivity contribution in [2.75, 3.05) is 0 Å². The summed E-state index contributed by atoms with van der Waals surface area (Å²) in [5.41, 5.74) is 3.53. The van der Waals surface area contributed by atoms with E-state index in [1.54, 1.807) is 6.92 Å². The van der Waals surface area contributed by atoms with E-state index in [0.29, 0.717) is 6.42 Å². The molecule has 27 heavy (non-hydrogen) atoms. The number of nitrogens with zero attached hydrogens (tertiary/aromatic N) is 2. The van der Waals surface area contributed by atoms with Gasteiger partial charge < -0.3 is 10.3 Å². The van der Waals surface area contributed by atoms with Crippen molar-refractivity contribution in [1.82, 2.24) is 10.3 Å². The standard InChI is InChI=1S/C22H18N4O/c1-14(27)22-9-8-20(26-22)12-19-5-4-16(24-19)10-15-2-3-17(23-15)11-18-6-7-21(13-22)25-18/h2-8,10-13,23,26H,9H2,1H3. The molecule has 0 aromatic carbocycles. The lowest BCUT2D eigenvalue weighted by molar-refractivity contribution is -0.121. The van der Waals surface area contributed by atoms with Crippen molar-refractivity contribution in [1.29, 1.82) is 0 Å². The molecule has 0 fully saturated rings. The zero-order chi connectivity index (χ0) is 18.4. The Morgan fingerprint density at radius 3 is 2.33 bits per heavy atom. The van der Waals surface area contributed by atoms with Gasteiger partial charge in [0.25, 0.3) is 0 Å². The highest BCUT2D eigenvalue weighted by Gasteiger charge is 2.37. The molecule has 1 aromatic rings. The molecule has 4 aliphatic heterocycles. The smallest absolute Gasteiger partial charge is 0.159 e. The van der Waals surface area contributed by atoms with Crippen LogP contribution in [0.25, 0.3) is 12.2 Å². The largest absolute Gasteiger partial charge is 0.370 e.